The van der Waals surface area contributed by atoms with Gasteiger partial charge in [0.05, 0.1) is 6.61 Å². The molecule has 1 heterocycles. The fourth-order valence-corrected chi connectivity index (χ4v) is 1.92. The van der Waals surface area contributed by atoms with Crippen LogP contribution in [0.25, 0.3) is 0 Å². The second-order valence-corrected chi connectivity index (χ2v) is 4.94. The highest BCUT2D eigenvalue weighted by molar-refractivity contribution is 9.10. The maximum atomic E-state index is 5.69. The molecule has 16 heavy (non-hydrogen) atoms. The van der Waals surface area contributed by atoms with Crippen LogP contribution in [0.3, 0.4) is 0 Å². The molecule has 90 valence electrons. The number of nitrogens with two attached hydrogens (primary N) is 1. The second-order valence-electron chi connectivity index (χ2n) is 4.03. The molecule has 1 atom stereocenters. The maximum absolute atomic E-state index is 5.69. The first kappa shape index (κ1) is 13.5. The van der Waals surface area contributed by atoms with Gasteiger partial charge in [-0.3, -0.25) is 0 Å². The predicted octanol–water partition coefficient (Wildman–Crippen LogP) is 3.12. The Labute approximate surface area is 106 Å². The number of nitrogens with zero attached hydrogens (tertiary/aromatic N) is 1. The molecule has 1 aromatic heterocycles. The van der Waals surface area contributed by atoms with Gasteiger partial charge in [-0.2, -0.15) is 0 Å². The molecule has 0 radical (unpaired) electrons. The van der Waals surface area contributed by atoms with Crippen LogP contribution in [0, 0.1) is 5.92 Å². The molecular formula is C12H19BrN2O. The summed E-state index contributed by atoms with van der Waals surface area (Å²) in [5, 5.41) is 0. The van der Waals surface area contributed by atoms with Gasteiger partial charge in [-0.15, -0.1) is 0 Å². The molecule has 0 aromatic carbocycles. The highest BCUT2D eigenvalue weighted by Crippen LogP contribution is 2.20. The van der Waals surface area contributed by atoms with E-state index in [9.17, 15) is 0 Å². The molecule has 1 unspecified atom stereocenters. The van der Waals surface area contributed by atoms with Crippen molar-refractivity contribution in [2.75, 3.05) is 6.61 Å². The molecule has 1 aromatic rings. The highest BCUT2D eigenvalue weighted by Gasteiger charge is 2.07. The zero-order chi connectivity index (χ0) is 12.0. The van der Waals surface area contributed by atoms with Crippen molar-refractivity contribution in [1.82, 2.24) is 4.98 Å². The molecule has 0 aliphatic carbocycles. The van der Waals surface area contributed by atoms with E-state index in [-0.39, 0.29) is 0 Å². The van der Waals surface area contributed by atoms with Gasteiger partial charge in [-0.05, 0) is 34.3 Å². The largest absolute Gasteiger partial charge is 0.477 e. The van der Waals surface area contributed by atoms with Crippen molar-refractivity contribution in [3.8, 4) is 5.88 Å². The van der Waals surface area contributed by atoms with Gasteiger partial charge in [0.25, 0.3) is 0 Å². The van der Waals surface area contributed by atoms with Gasteiger partial charge >= 0.3 is 0 Å². The van der Waals surface area contributed by atoms with Gasteiger partial charge in [0.15, 0.2) is 0 Å². The smallest absolute Gasteiger partial charge is 0.217 e. The van der Waals surface area contributed by atoms with Gasteiger partial charge in [0.2, 0.25) is 5.88 Å². The standard InChI is InChI=1S/C12H19BrN2O/c1-3-4-9(2)8-16-12-10(6-14)5-11(13)7-15-12/h5,7,9H,3-4,6,8,14H2,1-2H3. The van der Waals surface area contributed by atoms with Gasteiger partial charge in [0.1, 0.15) is 0 Å². The average Bonchev–Trinajstić information content (AvgIpc) is 2.27. The van der Waals surface area contributed by atoms with E-state index >= 15 is 0 Å². The van der Waals surface area contributed by atoms with Crippen LogP contribution < -0.4 is 10.5 Å². The zero-order valence-electron chi connectivity index (χ0n) is 9.87. The molecule has 0 fully saturated rings. The third kappa shape index (κ3) is 4.10. The molecule has 0 aliphatic rings. The van der Waals surface area contributed by atoms with E-state index in [0.717, 1.165) is 10.0 Å². The summed E-state index contributed by atoms with van der Waals surface area (Å²) >= 11 is 3.37. The molecule has 0 spiro atoms. The number of hydrogen-bond donors (Lipinski definition) is 1. The maximum Gasteiger partial charge on any atom is 0.217 e. The zero-order valence-corrected chi connectivity index (χ0v) is 11.5. The number of halogens is 1. The monoisotopic (exact) mass is 286 g/mol. The minimum Gasteiger partial charge on any atom is -0.477 e. The molecular weight excluding hydrogens is 268 g/mol. The van der Waals surface area contributed by atoms with Gasteiger partial charge in [-0.25, -0.2) is 4.98 Å². The first-order chi connectivity index (χ1) is 7.67. The quantitative estimate of drug-likeness (QED) is 0.874. The molecule has 4 heteroatoms. The van der Waals surface area contributed by atoms with Crippen molar-refractivity contribution < 1.29 is 4.74 Å². The fraction of sp³-hybridized carbons (Fsp3) is 0.583. The van der Waals surface area contributed by atoms with Crippen molar-refractivity contribution in [2.45, 2.75) is 33.2 Å². The molecule has 1 rings (SSSR count). The molecule has 0 saturated heterocycles. The Bertz CT molecular complexity index is 331. The Morgan fingerprint density at radius 2 is 2.31 bits per heavy atom. The summed E-state index contributed by atoms with van der Waals surface area (Å²) in [6.07, 6.45) is 4.09. The van der Waals surface area contributed by atoms with Gasteiger partial charge in [0, 0.05) is 22.8 Å². The van der Waals surface area contributed by atoms with Crippen LogP contribution in [0.5, 0.6) is 5.88 Å². The van der Waals surface area contributed by atoms with Gasteiger partial charge in [-0.1, -0.05) is 20.3 Å². The Morgan fingerprint density at radius 3 is 2.94 bits per heavy atom. The molecule has 0 amide bonds. The van der Waals surface area contributed by atoms with E-state index in [0.29, 0.717) is 24.9 Å². The van der Waals surface area contributed by atoms with E-state index in [2.05, 4.69) is 34.8 Å². The van der Waals surface area contributed by atoms with E-state index in [4.69, 9.17) is 10.5 Å². The average molecular weight is 287 g/mol. The predicted molar refractivity (Wildman–Crippen MR) is 69.4 cm³/mol. The summed E-state index contributed by atoms with van der Waals surface area (Å²) in [5.41, 5.74) is 6.59. The third-order valence-electron chi connectivity index (χ3n) is 2.40. The fourth-order valence-electron chi connectivity index (χ4n) is 1.54. The van der Waals surface area contributed by atoms with Crippen LogP contribution in [-0.4, -0.2) is 11.6 Å². The number of rotatable bonds is 6. The summed E-state index contributed by atoms with van der Waals surface area (Å²) in [4.78, 5) is 4.23. The Balaban J connectivity index is 2.59. The molecule has 0 aliphatic heterocycles. The van der Waals surface area contributed by atoms with E-state index < -0.39 is 0 Å². The SMILES string of the molecule is CCCC(C)COc1ncc(Br)cc1CN. The first-order valence-corrected chi connectivity index (χ1v) is 6.44. The summed E-state index contributed by atoms with van der Waals surface area (Å²) in [6.45, 7) is 5.52. The lowest BCUT2D eigenvalue weighted by molar-refractivity contribution is 0.241. The summed E-state index contributed by atoms with van der Waals surface area (Å²) in [7, 11) is 0. The lowest BCUT2D eigenvalue weighted by Crippen LogP contribution is -2.11. The number of aromatic nitrogens is 1. The number of pyridine rings is 1. The van der Waals surface area contributed by atoms with E-state index in [1.54, 1.807) is 6.20 Å². The summed E-state index contributed by atoms with van der Waals surface area (Å²) in [5.74, 6) is 1.22. The highest BCUT2D eigenvalue weighted by atomic mass is 79.9. The summed E-state index contributed by atoms with van der Waals surface area (Å²) < 4.78 is 6.62. The Morgan fingerprint density at radius 1 is 1.56 bits per heavy atom. The van der Waals surface area contributed by atoms with Crippen LogP contribution >= 0.6 is 15.9 Å². The third-order valence-corrected chi connectivity index (χ3v) is 2.83. The van der Waals surface area contributed by atoms with Crippen molar-refractivity contribution in [2.24, 2.45) is 11.7 Å². The molecule has 0 saturated carbocycles. The van der Waals surface area contributed by atoms with Crippen molar-refractivity contribution in [3.63, 3.8) is 0 Å². The van der Waals surface area contributed by atoms with Crippen LogP contribution in [-0.2, 0) is 6.54 Å². The van der Waals surface area contributed by atoms with E-state index in [1.807, 2.05) is 6.07 Å². The number of ether oxygens (including phenoxy) is 1. The van der Waals surface area contributed by atoms with Gasteiger partial charge < -0.3 is 10.5 Å². The Kier molecular flexibility index (Phi) is 5.77. The normalized spacial score (nSPS) is 12.5. The second kappa shape index (κ2) is 6.86. The van der Waals surface area contributed by atoms with Crippen molar-refractivity contribution >= 4 is 15.9 Å². The minimum absolute atomic E-state index is 0.448. The minimum atomic E-state index is 0.448. The number of hydrogen-bond acceptors (Lipinski definition) is 3. The van der Waals surface area contributed by atoms with Crippen LogP contribution in [0.1, 0.15) is 32.3 Å². The van der Waals surface area contributed by atoms with Crippen LogP contribution in [0.4, 0.5) is 0 Å². The topological polar surface area (TPSA) is 48.1 Å². The lowest BCUT2D eigenvalue weighted by atomic mass is 10.1. The molecule has 2 N–H and O–H groups in total. The van der Waals surface area contributed by atoms with Crippen LogP contribution in [0.15, 0.2) is 16.7 Å². The van der Waals surface area contributed by atoms with E-state index in [1.165, 1.54) is 12.8 Å². The summed E-state index contributed by atoms with van der Waals surface area (Å²) in [6, 6.07) is 1.95. The lowest BCUT2D eigenvalue weighted by Gasteiger charge is -2.13. The van der Waals surface area contributed by atoms with Crippen molar-refractivity contribution in [3.05, 3.63) is 22.3 Å². The molecule has 0 bridgehead atoms. The van der Waals surface area contributed by atoms with Crippen molar-refractivity contribution in [1.29, 1.82) is 0 Å². The molecule has 3 nitrogen and oxygen atoms in total. The Hall–Kier alpha value is -0.610. The first-order valence-electron chi connectivity index (χ1n) is 5.64. The van der Waals surface area contributed by atoms with Crippen LogP contribution in [0.2, 0.25) is 0 Å².